The Morgan fingerprint density at radius 3 is 2.43 bits per heavy atom. The molecule has 0 unspecified atom stereocenters. The average Bonchev–Trinajstić information content (AvgIpc) is 2.37. The molecule has 112 valence electrons. The molecule has 0 atom stereocenters. The molecule has 0 amide bonds. The molecule has 1 aromatic heterocycles. The largest absolute Gasteiger partial charge is 0.384 e. The molecule has 0 aliphatic heterocycles. The molecule has 0 aliphatic carbocycles. The van der Waals surface area contributed by atoms with Crippen molar-refractivity contribution in [1.82, 2.24) is 9.97 Å². The van der Waals surface area contributed by atoms with E-state index in [4.69, 9.17) is 10.9 Å². The highest BCUT2D eigenvalue weighted by atomic mass is 32.2. The second kappa shape index (κ2) is 6.06. The van der Waals surface area contributed by atoms with E-state index in [1.165, 1.54) is 12.1 Å². The Bertz CT molecular complexity index is 708. The lowest BCUT2D eigenvalue weighted by molar-refractivity contribution is 0.598. The van der Waals surface area contributed by atoms with E-state index >= 15 is 0 Å². The van der Waals surface area contributed by atoms with Crippen LogP contribution in [0, 0.1) is 6.92 Å². The molecule has 0 aliphatic rings. The molecule has 7 nitrogen and oxygen atoms in total. The monoisotopic (exact) mass is 307 g/mol. The lowest BCUT2D eigenvalue weighted by atomic mass is 10.1. The first-order chi connectivity index (χ1) is 9.84. The van der Waals surface area contributed by atoms with Gasteiger partial charge in [-0.25, -0.2) is 18.5 Å². The van der Waals surface area contributed by atoms with Crippen LogP contribution in [0.25, 0.3) is 0 Å². The number of nitrogens with one attached hydrogen (secondary N) is 1. The normalized spacial score (nSPS) is 11.3. The zero-order chi connectivity index (χ0) is 15.5. The van der Waals surface area contributed by atoms with Crippen LogP contribution in [0.5, 0.6) is 0 Å². The number of aromatic nitrogens is 2. The fraction of sp³-hybridized carbons (Fsp3) is 0.231. The number of benzene rings is 1. The molecular formula is C13H17N5O2S. The molecule has 0 radical (unpaired) electrons. The van der Waals surface area contributed by atoms with E-state index in [1.807, 2.05) is 6.92 Å². The van der Waals surface area contributed by atoms with Crippen LogP contribution in [0.4, 0.5) is 11.8 Å². The van der Waals surface area contributed by atoms with E-state index in [2.05, 4.69) is 15.3 Å². The van der Waals surface area contributed by atoms with Gasteiger partial charge in [0, 0.05) is 18.3 Å². The van der Waals surface area contributed by atoms with Crippen LogP contribution in [-0.4, -0.2) is 24.9 Å². The van der Waals surface area contributed by atoms with Gasteiger partial charge >= 0.3 is 0 Å². The molecular weight excluding hydrogens is 290 g/mol. The lowest BCUT2D eigenvalue weighted by Crippen LogP contribution is -2.12. The van der Waals surface area contributed by atoms with E-state index in [-0.39, 0.29) is 4.90 Å². The summed E-state index contributed by atoms with van der Waals surface area (Å²) in [7, 11) is -3.64. The number of nitrogens with two attached hydrogens (primary N) is 2. The zero-order valence-electron chi connectivity index (χ0n) is 11.6. The lowest BCUT2D eigenvalue weighted by Gasteiger charge is -2.07. The van der Waals surface area contributed by atoms with Gasteiger partial charge in [0.2, 0.25) is 16.0 Å². The van der Waals surface area contributed by atoms with E-state index in [9.17, 15) is 8.42 Å². The molecule has 0 spiro atoms. The number of hydrogen-bond acceptors (Lipinski definition) is 6. The predicted octanol–water partition coefficient (Wildman–Crippen LogP) is 0.669. The zero-order valence-corrected chi connectivity index (χ0v) is 12.4. The standard InChI is InChI=1S/C13H17N5O2S/c1-9-8-12(14)18-13(17-9)16-7-6-10-2-4-11(5-3-10)21(15,19)20/h2-5,8H,6-7H2,1H3,(H2,15,19,20)(H3,14,16,17,18). The molecule has 5 N–H and O–H groups in total. The van der Waals surface area contributed by atoms with Crippen molar-refractivity contribution >= 4 is 21.8 Å². The van der Waals surface area contributed by atoms with Crippen molar-refractivity contribution in [3.63, 3.8) is 0 Å². The van der Waals surface area contributed by atoms with Gasteiger partial charge in [-0.3, -0.25) is 0 Å². The Morgan fingerprint density at radius 1 is 1.19 bits per heavy atom. The van der Waals surface area contributed by atoms with Crippen LogP contribution >= 0.6 is 0 Å². The van der Waals surface area contributed by atoms with Crippen molar-refractivity contribution in [2.24, 2.45) is 5.14 Å². The third-order valence-corrected chi connectivity index (χ3v) is 3.75. The highest BCUT2D eigenvalue weighted by Crippen LogP contribution is 2.10. The van der Waals surface area contributed by atoms with Crippen LogP contribution in [0.15, 0.2) is 35.2 Å². The molecule has 0 fully saturated rings. The van der Waals surface area contributed by atoms with Crippen LogP contribution < -0.4 is 16.2 Å². The maximum Gasteiger partial charge on any atom is 0.238 e. The maximum absolute atomic E-state index is 11.1. The molecule has 1 heterocycles. The van der Waals surface area contributed by atoms with Gasteiger partial charge in [0.1, 0.15) is 5.82 Å². The minimum Gasteiger partial charge on any atom is -0.384 e. The number of nitrogen functional groups attached to an aromatic ring is 1. The van der Waals surface area contributed by atoms with E-state index in [0.29, 0.717) is 24.7 Å². The molecule has 0 saturated carbocycles. The summed E-state index contributed by atoms with van der Waals surface area (Å²) in [5, 5.41) is 8.12. The number of anilines is 2. The Kier molecular flexibility index (Phi) is 4.39. The van der Waals surface area contributed by atoms with E-state index in [0.717, 1.165) is 11.3 Å². The summed E-state index contributed by atoms with van der Waals surface area (Å²) in [4.78, 5) is 8.39. The first-order valence-electron chi connectivity index (χ1n) is 6.31. The van der Waals surface area contributed by atoms with Gasteiger partial charge in [-0.05, 0) is 31.0 Å². The Hall–Kier alpha value is -2.19. The number of rotatable bonds is 5. The van der Waals surface area contributed by atoms with Crippen LogP contribution in [0.1, 0.15) is 11.3 Å². The van der Waals surface area contributed by atoms with Gasteiger partial charge in [-0.15, -0.1) is 0 Å². The van der Waals surface area contributed by atoms with Gasteiger partial charge < -0.3 is 11.1 Å². The van der Waals surface area contributed by atoms with E-state index < -0.39 is 10.0 Å². The fourth-order valence-corrected chi connectivity index (χ4v) is 2.35. The summed E-state index contributed by atoms with van der Waals surface area (Å²) in [5.74, 6) is 0.899. The molecule has 2 aromatic rings. The first-order valence-corrected chi connectivity index (χ1v) is 7.86. The summed E-state index contributed by atoms with van der Waals surface area (Å²) in [5.41, 5.74) is 7.42. The van der Waals surface area contributed by atoms with Gasteiger partial charge in [0.05, 0.1) is 4.90 Å². The van der Waals surface area contributed by atoms with Crippen molar-refractivity contribution < 1.29 is 8.42 Å². The Balaban J connectivity index is 1.94. The first kappa shape index (κ1) is 15.2. The van der Waals surface area contributed by atoms with Crippen LogP contribution in [-0.2, 0) is 16.4 Å². The van der Waals surface area contributed by atoms with Crippen molar-refractivity contribution in [3.05, 3.63) is 41.6 Å². The number of aryl methyl sites for hydroxylation is 1. The minimum absolute atomic E-state index is 0.106. The third-order valence-electron chi connectivity index (χ3n) is 2.82. The maximum atomic E-state index is 11.1. The SMILES string of the molecule is Cc1cc(N)nc(NCCc2ccc(S(N)(=O)=O)cc2)n1. The quantitative estimate of drug-likeness (QED) is 0.745. The van der Waals surface area contributed by atoms with E-state index in [1.54, 1.807) is 18.2 Å². The Morgan fingerprint density at radius 2 is 1.86 bits per heavy atom. The van der Waals surface area contributed by atoms with Gasteiger partial charge in [0.15, 0.2) is 0 Å². The summed E-state index contributed by atoms with van der Waals surface area (Å²) in [6.45, 7) is 2.45. The van der Waals surface area contributed by atoms with Crippen molar-refractivity contribution in [3.8, 4) is 0 Å². The van der Waals surface area contributed by atoms with Gasteiger partial charge in [-0.2, -0.15) is 4.98 Å². The number of nitrogens with zero attached hydrogens (tertiary/aromatic N) is 2. The molecule has 2 rings (SSSR count). The number of hydrogen-bond donors (Lipinski definition) is 3. The van der Waals surface area contributed by atoms with Crippen LogP contribution in [0.3, 0.4) is 0 Å². The van der Waals surface area contributed by atoms with Crippen LogP contribution in [0.2, 0.25) is 0 Å². The smallest absolute Gasteiger partial charge is 0.238 e. The molecule has 0 bridgehead atoms. The predicted molar refractivity (Wildman–Crippen MR) is 81.2 cm³/mol. The van der Waals surface area contributed by atoms with Gasteiger partial charge in [0.25, 0.3) is 0 Å². The topological polar surface area (TPSA) is 124 Å². The summed E-state index contributed by atoms with van der Waals surface area (Å²) >= 11 is 0. The third kappa shape index (κ3) is 4.40. The molecule has 21 heavy (non-hydrogen) atoms. The van der Waals surface area contributed by atoms with Crippen molar-refractivity contribution in [2.45, 2.75) is 18.2 Å². The molecule has 1 aromatic carbocycles. The van der Waals surface area contributed by atoms with Gasteiger partial charge in [-0.1, -0.05) is 12.1 Å². The number of sulfonamides is 1. The molecule has 0 saturated heterocycles. The second-order valence-electron chi connectivity index (χ2n) is 4.62. The Labute approximate surface area is 123 Å². The summed E-state index contributed by atoms with van der Waals surface area (Å²) < 4.78 is 22.3. The van der Waals surface area contributed by atoms with Crippen molar-refractivity contribution in [1.29, 1.82) is 0 Å². The summed E-state index contributed by atoms with van der Waals surface area (Å²) in [6.07, 6.45) is 0.697. The van der Waals surface area contributed by atoms with Crippen molar-refractivity contribution in [2.75, 3.05) is 17.6 Å². The average molecular weight is 307 g/mol. The fourth-order valence-electron chi connectivity index (χ4n) is 1.84. The number of primary sulfonamides is 1. The highest BCUT2D eigenvalue weighted by molar-refractivity contribution is 7.89. The molecule has 8 heteroatoms. The summed E-state index contributed by atoms with van der Waals surface area (Å²) in [6, 6.07) is 8.13. The minimum atomic E-state index is -3.64. The highest BCUT2D eigenvalue weighted by Gasteiger charge is 2.06. The second-order valence-corrected chi connectivity index (χ2v) is 6.18.